The van der Waals surface area contributed by atoms with Gasteiger partial charge in [0.25, 0.3) is 5.91 Å². The van der Waals surface area contributed by atoms with Crippen molar-refractivity contribution >= 4 is 17.5 Å². The number of carbonyl (C=O) groups is 1. The van der Waals surface area contributed by atoms with Gasteiger partial charge >= 0.3 is 0 Å². The number of hydrogen-bond acceptors (Lipinski definition) is 4. The van der Waals surface area contributed by atoms with Gasteiger partial charge in [0.2, 0.25) is 11.7 Å². The van der Waals surface area contributed by atoms with Crippen molar-refractivity contribution in [1.82, 2.24) is 15.5 Å². The highest BCUT2D eigenvalue weighted by atomic mass is 35.5. The van der Waals surface area contributed by atoms with E-state index in [-0.39, 0.29) is 12.1 Å². The molecular formula is C17H13ClFN3O2. The third-order valence-electron chi connectivity index (χ3n) is 3.31. The first-order chi connectivity index (χ1) is 11.6. The molecule has 0 aliphatic carbocycles. The Bertz CT molecular complexity index is 849. The monoisotopic (exact) mass is 345 g/mol. The number of rotatable bonds is 5. The Morgan fingerprint density at radius 3 is 2.67 bits per heavy atom. The molecule has 0 fully saturated rings. The van der Waals surface area contributed by atoms with E-state index in [2.05, 4.69) is 15.5 Å². The number of amides is 1. The SMILES string of the molecule is O=C(NCCc1nc(-c2ccc(Cl)cc2)no1)c1ccccc1F. The van der Waals surface area contributed by atoms with Gasteiger partial charge in [-0.1, -0.05) is 28.9 Å². The van der Waals surface area contributed by atoms with Crippen molar-refractivity contribution in [2.75, 3.05) is 6.54 Å². The summed E-state index contributed by atoms with van der Waals surface area (Å²) in [7, 11) is 0. The van der Waals surface area contributed by atoms with E-state index in [0.717, 1.165) is 5.56 Å². The first-order valence-corrected chi connectivity index (χ1v) is 7.62. The summed E-state index contributed by atoms with van der Waals surface area (Å²) in [5, 5.41) is 7.13. The van der Waals surface area contributed by atoms with Crippen LogP contribution in [0.15, 0.2) is 53.1 Å². The summed E-state index contributed by atoms with van der Waals surface area (Å²) in [5.74, 6) is -0.209. The lowest BCUT2D eigenvalue weighted by Gasteiger charge is -2.04. The second-order valence-electron chi connectivity index (χ2n) is 5.00. The number of nitrogens with one attached hydrogen (secondary N) is 1. The Labute approximate surface area is 142 Å². The quantitative estimate of drug-likeness (QED) is 0.768. The first-order valence-electron chi connectivity index (χ1n) is 7.25. The van der Waals surface area contributed by atoms with E-state index >= 15 is 0 Å². The number of benzene rings is 2. The minimum Gasteiger partial charge on any atom is -0.351 e. The third kappa shape index (κ3) is 3.78. The van der Waals surface area contributed by atoms with Gasteiger partial charge in [-0.15, -0.1) is 0 Å². The average Bonchev–Trinajstić information content (AvgIpc) is 3.04. The van der Waals surface area contributed by atoms with Crippen molar-refractivity contribution in [1.29, 1.82) is 0 Å². The number of halogens is 2. The lowest BCUT2D eigenvalue weighted by molar-refractivity contribution is 0.0949. The van der Waals surface area contributed by atoms with Crippen LogP contribution in [0.5, 0.6) is 0 Å². The van der Waals surface area contributed by atoms with Gasteiger partial charge < -0.3 is 9.84 Å². The zero-order valence-corrected chi connectivity index (χ0v) is 13.3. The van der Waals surface area contributed by atoms with Gasteiger partial charge in [-0.25, -0.2) is 4.39 Å². The van der Waals surface area contributed by atoms with Crippen molar-refractivity contribution < 1.29 is 13.7 Å². The van der Waals surface area contributed by atoms with E-state index in [9.17, 15) is 9.18 Å². The molecule has 0 radical (unpaired) electrons. The minimum absolute atomic E-state index is 0.00452. The smallest absolute Gasteiger partial charge is 0.254 e. The summed E-state index contributed by atoms with van der Waals surface area (Å²) in [6.07, 6.45) is 0.348. The summed E-state index contributed by atoms with van der Waals surface area (Å²) in [6, 6.07) is 12.9. The minimum atomic E-state index is -0.558. The molecule has 0 aliphatic heterocycles. The molecule has 3 rings (SSSR count). The fourth-order valence-corrected chi connectivity index (χ4v) is 2.22. The first kappa shape index (κ1) is 16.1. The topological polar surface area (TPSA) is 68.0 Å². The summed E-state index contributed by atoms with van der Waals surface area (Å²) in [4.78, 5) is 16.1. The van der Waals surface area contributed by atoms with E-state index < -0.39 is 11.7 Å². The van der Waals surface area contributed by atoms with Crippen LogP contribution < -0.4 is 5.32 Å². The maximum Gasteiger partial charge on any atom is 0.254 e. The van der Waals surface area contributed by atoms with Crippen LogP contribution in [-0.2, 0) is 6.42 Å². The van der Waals surface area contributed by atoms with E-state index in [1.807, 2.05) is 0 Å². The van der Waals surface area contributed by atoms with Gasteiger partial charge in [0.15, 0.2) is 0 Å². The Morgan fingerprint density at radius 2 is 1.92 bits per heavy atom. The van der Waals surface area contributed by atoms with E-state index in [0.29, 0.717) is 23.2 Å². The fraction of sp³-hybridized carbons (Fsp3) is 0.118. The molecule has 0 bridgehead atoms. The molecule has 7 heteroatoms. The zero-order chi connectivity index (χ0) is 16.9. The average molecular weight is 346 g/mol. The van der Waals surface area contributed by atoms with E-state index in [1.54, 1.807) is 30.3 Å². The number of carbonyl (C=O) groups excluding carboxylic acids is 1. The molecule has 1 heterocycles. The van der Waals surface area contributed by atoms with Crippen molar-refractivity contribution in [3.63, 3.8) is 0 Å². The molecule has 122 valence electrons. The molecule has 1 N–H and O–H groups in total. The molecule has 0 saturated heterocycles. The van der Waals surface area contributed by atoms with Gasteiger partial charge in [-0.3, -0.25) is 4.79 Å². The van der Waals surface area contributed by atoms with Crippen LogP contribution in [0.1, 0.15) is 16.2 Å². The predicted molar refractivity (Wildman–Crippen MR) is 87.2 cm³/mol. The fourth-order valence-electron chi connectivity index (χ4n) is 2.10. The molecule has 24 heavy (non-hydrogen) atoms. The maximum absolute atomic E-state index is 13.5. The molecule has 2 aromatic carbocycles. The summed E-state index contributed by atoms with van der Waals surface area (Å²) < 4.78 is 18.6. The Hall–Kier alpha value is -2.73. The van der Waals surface area contributed by atoms with Crippen LogP contribution in [0, 0.1) is 5.82 Å². The Kier molecular flexibility index (Phi) is 4.86. The lowest BCUT2D eigenvalue weighted by atomic mass is 10.2. The highest BCUT2D eigenvalue weighted by molar-refractivity contribution is 6.30. The molecule has 0 aliphatic rings. The second-order valence-corrected chi connectivity index (χ2v) is 5.44. The number of nitrogens with zero attached hydrogens (tertiary/aromatic N) is 2. The number of aromatic nitrogens is 2. The van der Waals surface area contributed by atoms with Crippen molar-refractivity contribution in [3.05, 3.63) is 70.8 Å². The normalized spacial score (nSPS) is 10.6. The molecule has 0 unspecified atom stereocenters. The Balaban J connectivity index is 1.57. The van der Waals surface area contributed by atoms with Crippen LogP contribution in [0.2, 0.25) is 5.02 Å². The zero-order valence-electron chi connectivity index (χ0n) is 12.5. The van der Waals surface area contributed by atoms with Crippen molar-refractivity contribution in [3.8, 4) is 11.4 Å². The van der Waals surface area contributed by atoms with Crippen LogP contribution in [0.3, 0.4) is 0 Å². The molecule has 0 saturated carbocycles. The van der Waals surface area contributed by atoms with Crippen LogP contribution >= 0.6 is 11.6 Å². The van der Waals surface area contributed by atoms with Gasteiger partial charge in [0.05, 0.1) is 5.56 Å². The third-order valence-corrected chi connectivity index (χ3v) is 3.57. The van der Waals surface area contributed by atoms with Crippen LogP contribution in [0.25, 0.3) is 11.4 Å². The number of hydrogen-bond donors (Lipinski definition) is 1. The van der Waals surface area contributed by atoms with Crippen LogP contribution in [0.4, 0.5) is 4.39 Å². The predicted octanol–water partition coefficient (Wildman–Crippen LogP) is 3.50. The summed E-state index contributed by atoms with van der Waals surface area (Å²) in [5.41, 5.74) is 0.787. The molecule has 3 aromatic rings. The lowest BCUT2D eigenvalue weighted by Crippen LogP contribution is -2.26. The summed E-state index contributed by atoms with van der Waals surface area (Å²) >= 11 is 5.83. The van der Waals surface area contributed by atoms with E-state index in [4.69, 9.17) is 16.1 Å². The van der Waals surface area contributed by atoms with E-state index in [1.165, 1.54) is 18.2 Å². The Morgan fingerprint density at radius 1 is 1.17 bits per heavy atom. The van der Waals surface area contributed by atoms with Crippen molar-refractivity contribution in [2.45, 2.75) is 6.42 Å². The molecule has 0 spiro atoms. The standard InChI is InChI=1S/C17H13ClFN3O2/c18-12-7-5-11(6-8-12)16-21-15(24-22-16)9-10-20-17(23)13-3-1-2-4-14(13)19/h1-8H,9-10H2,(H,20,23). The van der Waals surface area contributed by atoms with Crippen LogP contribution in [-0.4, -0.2) is 22.6 Å². The van der Waals surface area contributed by atoms with Gasteiger partial charge in [-0.2, -0.15) is 4.98 Å². The molecule has 1 amide bonds. The van der Waals surface area contributed by atoms with Gasteiger partial charge in [-0.05, 0) is 36.4 Å². The molecular weight excluding hydrogens is 333 g/mol. The largest absolute Gasteiger partial charge is 0.351 e. The van der Waals surface area contributed by atoms with Crippen molar-refractivity contribution in [2.24, 2.45) is 0 Å². The highest BCUT2D eigenvalue weighted by Crippen LogP contribution is 2.18. The second kappa shape index (κ2) is 7.23. The summed E-state index contributed by atoms with van der Waals surface area (Å²) in [6.45, 7) is 0.259. The van der Waals surface area contributed by atoms with Gasteiger partial charge in [0, 0.05) is 23.6 Å². The maximum atomic E-state index is 13.5. The highest BCUT2D eigenvalue weighted by Gasteiger charge is 2.12. The molecule has 1 aromatic heterocycles. The van der Waals surface area contributed by atoms with Gasteiger partial charge in [0.1, 0.15) is 5.82 Å². The molecule has 5 nitrogen and oxygen atoms in total. The molecule has 0 atom stereocenters.